The molecule has 1 atom stereocenters. The van der Waals surface area contributed by atoms with Crippen LogP contribution in [0.3, 0.4) is 0 Å². The Morgan fingerprint density at radius 2 is 2.00 bits per heavy atom. The smallest absolute Gasteiger partial charge is 0.333 e. The Bertz CT molecular complexity index is 651. The fourth-order valence-electron chi connectivity index (χ4n) is 2.70. The molecule has 158 valence electrons. The van der Waals surface area contributed by atoms with Gasteiger partial charge >= 0.3 is 5.97 Å². The average molecular weight is 407 g/mol. The molecule has 1 aromatic rings. The van der Waals surface area contributed by atoms with E-state index in [9.17, 15) is 4.79 Å². The van der Waals surface area contributed by atoms with Crippen molar-refractivity contribution in [2.45, 2.75) is 84.5 Å². The van der Waals surface area contributed by atoms with Crippen molar-refractivity contribution in [1.29, 1.82) is 0 Å². The van der Waals surface area contributed by atoms with E-state index in [1.165, 1.54) is 0 Å². The summed E-state index contributed by atoms with van der Waals surface area (Å²) in [4.78, 5) is 12.5. The molecule has 0 aliphatic heterocycles. The number of hydrogen-bond donors (Lipinski definition) is 0. The fraction of sp³-hybridized carbons (Fsp3) is 0.609. The molecule has 0 amide bonds. The summed E-state index contributed by atoms with van der Waals surface area (Å²) in [6.07, 6.45) is 8.20. The molecule has 0 radical (unpaired) electrons. The molecule has 0 saturated carbocycles. The van der Waals surface area contributed by atoms with Crippen LogP contribution in [-0.2, 0) is 20.4 Å². The molecule has 1 heterocycles. The van der Waals surface area contributed by atoms with E-state index < -0.39 is 8.32 Å². The Balaban J connectivity index is 2.97. The summed E-state index contributed by atoms with van der Waals surface area (Å²) < 4.78 is 17.1. The van der Waals surface area contributed by atoms with Crippen LogP contribution in [0.1, 0.15) is 59.4 Å². The van der Waals surface area contributed by atoms with Gasteiger partial charge in [-0.1, -0.05) is 32.4 Å². The highest BCUT2D eigenvalue weighted by Gasteiger charge is 2.39. The number of aryl methyl sites for hydroxylation is 1. The Labute approximate surface area is 172 Å². The summed E-state index contributed by atoms with van der Waals surface area (Å²) in [6, 6.07) is 1.95. The van der Waals surface area contributed by atoms with E-state index in [2.05, 4.69) is 40.4 Å². The van der Waals surface area contributed by atoms with E-state index >= 15 is 0 Å². The van der Waals surface area contributed by atoms with Crippen molar-refractivity contribution >= 4 is 14.3 Å². The van der Waals surface area contributed by atoms with Gasteiger partial charge in [0.15, 0.2) is 8.32 Å². The largest absolute Gasteiger partial charge is 0.472 e. The molecule has 0 unspecified atom stereocenters. The molecule has 28 heavy (non-hydrogen) atoms. The molecule has 4 nitrogen and oxygen atoms in total. The van der Waals surface area contributed by atoms with Crippen LogP contribution in [0, 0.1) is 0 Å². The van der Waals surface area contributed by atoms with Gasteiger partial charge in [-0.2, -0.15) is 0 Å². The second-order valence-corrected chi connectivity index (χ2v) is 13.7. The van der Waals surface area contributed by atoms with Gasteiger partial charge in [0.25, 0.3) is 0 Å². The minimum absolute atomic E-state index is 0.0667. The molecule has 0 saturated heterocycles. The average Bonchev–Trinajstić information content (AvgIpc) is 3.05. The summed E-state index contributed by atoms with van der Waals surface area (Å²) in [7, 11) is -1.96. The summed E-state index contributed by atoms with van der Waals surface area (Å²) in [5, 5.41) is 0.107. The summed E-state index contributed by atoms with van der Waals surface area (Å²) in [5.74, 6) is -0.250. The van der Waals surface area contributed by atoms with Gasteiger partial charge in [0, 0.05) is 12.0 Å². The minimum atomic E-state index is -1.96. The number of furan rings is 1. The highest BCUT2D eigenvalue weighted by atomic mass is 28.4. The zero-order valence-corrected chi connectivity index (χ0v) is 19.8. The van der Waals surface area contributed by atoms with Crippen LogP contribution in [0.4, 0.5) is 0 Å². The SMILES string of the molecule is C=C(C)C[C@H](C/C(=C/CCc1ccoc1)C(=O)OCC)O[Si](C)(C)C(C)(C)C. The van der Waals surface area contributed by atoms with Crippen molar-refractivity contribution < 1.29 is 18.4 Å². The lowest BCUT2D eigenvalue weighted by Crippen LogP contribution is -2.44. The lowest BCUT2D eigenvalue weighted by Gasteiger charge is -2.39. The van der Waals surface area contributed by atoms with Crippen molar-refractivity contribution in [3.63, 3.8) is 0 Å². The third-order valence-corrected chi connectivity index (χ3v) is 9.77. The minimum Gasteiger partial charge on any atom is -0.472 e. The van der Waals surface area contributed by atoms with E-state index in [0.29, 0.717) is 18.6 Å². The molecule has 0 bridgehead atoms. The quantitative estimate of drug-likeness (QED) is 0.183. The van der Waals surface area contributed by atoms with Crippen molar-refractivity contribution in [2.24, 2.45) is 0 Å². The Morgan fingerprint density at radius 1 is 1.32 bits per heavy atom. The Kier molecular flexibility index (Phi) is 9.44. The fourth-order valence-corrected chi connectivity index (χ4v) is 4.06. The predicted molar refractivity (Wildman–Crippen MR) is 118 cm³/mol. The van der Waals surface area contributed by atoms with Crippen molar-refractivity contribution in [3.8, 4) is 0 Å². The van der Waals surface area contributed by atoms with E-state index in [-0.39, 0.29) is 17.1 Å². The zero-order chi connectivity index (χ0) is 21.4. The van der Waals surface area contributed by atoms with Crippen LogP contribution in [0.2, 0.25) is 18.1 Å². The number of rotatable bonds is 11. The number of carbonyl (C=O) groups excluding carboxylic acids is 1. The first-order chi connectivity index (χ1) is 13.0. The van der Waals surface area contributed by atoms with E-state index in [4.69, 9.17) is 13.6 Å². The first-order valence-corrected chi connectivity index (χ1v) is 13.1. The van der Waals surface area contributed by atoms with E-state index in [1.54, 1.807) is 12.5 Å². The molecule has 0 aliphatic rings. The molecule has 0 fully saturated rings. The van der Waals surface area contributed by atoms with Crippen LogP contribution in [0.25, 0.3) is 0 Å². The number of hydrogen-bond acceptors (Lipinski definition) is 4. The number of carbonyl (C=O) groups is 1. The molecule has 1 aromatic heterocycles. The molecule has 0 aliphatic carbocycles. The normalized spacial score (nSPS) is 14.0. The lowest BCUT2D eigenvalue weighted by atomic mass is 10.0. The van der Waals surface area contributed by atoms with Crippen LogP contribution >= 0.6 is 0 Å². The van der Waals surface area contributed by atoms with Crippen LogP contribution < -0.4 is 0 Å². The van der Waals surface area contributed by atoms with Gasteiger partial charge in [0.05, 0.1) is 25.2 Å². The number of esters is 1. The second-order valence-electron chi connectivity index (χ2n) is 8.99. The summed E-state index contributed by atoms with van der Waals surface area (Å²) in [6.45, 7) is 19.4. The monoisotopic (exact) mass is 406 g/mol. The number of ether oxygens (including phenoxy) is 1. The summed E-state index contributed by atoms with van der Waals surface area (Å²) >= 11 is 0. The highest BCUT2D eigenvalue weighted by Crippen LogP contribution is 2.38. The first-order valence-electron chi connectivity index (χ1n) is 10.2. The Hall–Kier alpha value is -1.59. The molecular formula is C23H38O4Si. The summed E-state index contributed by atoms with van der Waals surface area (Å²) in [5.41, 5.74) is 2.87. The maximum Gasteiger partial charge on any atom is 0.333 e. The standard InChI is InChI=1S/C23H38O4Si/c1-9-26-22(24)20(12-10-11-19-13-14-25-17-19)16-21(15-18(2)3)27-28(7,8)23(4,5)6/h12-14,17,21H,2,9-11,15-16H2,1,3-8H3/b20-12-/t21-/m1/s1. The van der Waals surface area contributed by atoms with Crippen molar-refractivity contribution in [3.05, 3.63) is 48.0 Å². The molecular weight excluding hydrogens is 368 g/mol. The highest BCUT2D eigenvalue weighted by molar-refractivity contribution is 6.74. The van der Waals surface area contributed by atoms with E-state index in [1.807, 2.05) is 26.0 Å². The molecule has 0 aromatic carbocycles. The topological polar surface area (TPSA) is 48.7 Å². The van der Waals surface area contributed by atoms with Crippen molar-refractivity contribution in [2.75, 3.05) is 6.61 Å². The van der Waals surface area contributed by atoms with Gasteiger partial charge in [-0.05, 0) is 62.9 Å². The number of allylic oxidation sites excluding steroid dienone is 1. The zero-order valence-electron chi connectivity index (χ0n) is 18.8. The first kappa shape index (κ1) is 24.4. The predicted octanol–water partition coefficient (Wildman–Crippen LogP) is 6.45. The molecule has 1 rings (SSSR count). The lowest BCUT2D eigenvalue weighted by molar-refractivity contribution is -0.138. The molecule has 0 N–H and O–H groups in total. The van der Waals surface area contributed by atoms with E-state index in [0.717, 1.165) is 30.4 Å². The van der Waals surface area contributed by atoms with Crippen LogP contribution in [0.15, 0.2) is 46.8 Å². The third kappa shape index (κ3) is 8.19. The second kappa shape index (κ2) is 10.8. The van der Waals surface area contributed by atoms with Gasteiger partial charge < -0.3 is 13.6 Å². The molecule has 5 heteroatoms. The maximum absolute atomic E-state index is 12.5. The van der Waals surface area contributed by atoms with Crippen LogP contribution in [-0.4, -0.2) is 27.0 Å². The maximum atomic E-state index is 12.5. The van der Waals surface area contributed by atoms with Crippen molar-refractivity contribution in [1.82, 2.24) is 0 Å². The van der Waals surface area contributed by atoms with Gasteiger partial charge in [0.2, 0.25) is 0 Å². The van der Waals surface area contributed by atoms with Gasteiger partial charge in [-0.15, -0.1) is 6.58 Å². The third-order valence-electron chi connectivity index (χ3n) is 5.23. The van der Waals surface area contributed by atoms with Crippen LogP contribution in [0.5, 0.6) is 0 Å². The Morgan fingerprint density at radius 3 is 2.50 bits per heavy atom. The van der Waals surface area contributed by atoms with Gasteiger partial charge in [0.1, 0.15) is 0 Å². The van der Waals surface area contributed by atoms with Gasteiger partial charge in [-0.3, -0.25) is 0 Å². The van der Waals surface area contributed by atoms with Gasteiger partial charge in [-0.25, -0.2) is 4.79 Å². The molecule has 0 spiro atoms.